The highest BCUT2D eigenvalue weighted by Gasteiger charge is 2.28. The topological polar surface area (TPSA) is 24.4 Å². The first-order valence-corrected chi connectivity index (χ1v) is 8.43. The second-order valence-electron chi connectivity index (χ2n) is 6.56. The van der Waals surface area contributed by atoms with Crippen molar-refractivity contribution in [3.8, 4) is 0 Å². The molecule has 110 valence electrons. The van der Waals surface area contributed by atoms with Gasteiger partial charge < -0.3 is 5.32 Å². The van der Waals surface area contributed by atoms with E-state index in [2.05, 4.69) is 57.3 Å². The molecule has 0 aliphatic carbocycles. The van der Waals surface area contributed by atoms with Crippen molar-refractivity contribution in [3.63, 3.8) is 0 Å². The van der Waals surface area contributed by atoms with Gasteiger partial charge in [-0.15, -0.1) is 0 Å². The van der Waals surface area contributed by atoms with Gasteiger partial charge >= 0.3 is 0 Å². The Morgan fingerprint density at radius 1 is 1.30 bits per heavy atom. The van der Waals surface area contributed by atoms with E-state index in [-0.39, 0.29) is 0 Å². The molecule has 20 heavy (non-hydrogen) atoms. The lowest BCUT2D eigenvalue weighted by atomic mass is 9.85. The Labute approximate surface area is 127 Å². The van der Waals surface area contributed by atoms with Crippen molar-refractivity contribution in [1.29, 1.82) is 0 Å². The van der Waals surface area contributed by atoms with Gasteiger partial charge in [-0.3, -0.25) is 4.99 Å². The highest BCUT2D eigenvalue weighted by molar-refractivity contribution is 8.13. The summed E-state index contributed by atoms with van der Waals surface area (Å²) in [5, 5.41) is 4.74. The van der Waals surface area contributed by atoms with Crippen LogP contribution in [0.3, 0.4) is 0 Å². The normalized spacial score (nSPS) is 21.8. The Morgan fingerprint density at radius 2 is 2.05 bits per heavy atom. The van der Waals surface area contributed by atoms with Crippen LogP contribution >= 0.6 is 11.8 Å². The summed E-state index contributed by atoms with van der Waals surface area (Å²) in [7, 11) is 0. The van der Waals surface area contributed by atoms with Crippen molar-refractivity contribution in [2.24, 2.45) is 10.4 Å². The molecule has 2 nitrogen and oxygen atoms in total. The molecule has 0 saturated carbocycles. The maximum absolute atomic E-state index is 4.75. The number of hydrogen-bond donors (Lipinski definition) is 1. The summed E-state index contributed by atoms with van der Waals surface area (Å²) in [4.78, 5) is 4.75. The van der Waals surface area contributed by atoms with E-state index in [1.54, 1.807) is 0 Å². The minimum Gasteiger partial charge on any atom is -0.362 e. The van der Waals surface area contributed by atoms with E-state index in [0.29, 0.717) is 11.5 Å². The summed E-state index contributed by atoms with van der Waals surface area (Å²) in [6.45, 7) is 9.94. The first kappa shape index (κ1) is 15.4. The van der Waals surface area contributed by atoms with Crippen LogP contribution in [0.5, 0.6) is 0 Å². The molecule has 1 aromatic carbocycles. The van der Waals surface area contributed by atoms with E-state index in [4.69, 9.17) is 4.99 Å². The third-order valence-corrected chi connectivity index (χ3v) is 4.85. The lowest BCUT2D eigenvalue weighted by Crippen LogP contribution is -2.46. The van der Waals surface area contributed by atoms with Crippen molar-refractivity contribution in [2.75, 3.05) is 12.3 Å². The Kier molecular flexibility index (Phi) is 5.14. The zero-order valence-corrected chi connectivity index (χ0v) is 13.9. The minimum atomic E-state index is 0.303. The molecule has 1 saturated heterocycles. The number of amidine groups is 1. The van der Waals surface area contributed by atoms with Gasteiger partial charge in [0.1, 0.15) is 0 Å². The van der Waals surface area contributed by atoms with Gasteiger partial charge in [0, 0.05) is 18.3 Å². The molecule has 0 spiro atoms. The van der Waals surface area contributed by atoms with Crippen LogP contribution in [0.1, 0.15) is 38.3 Å². The maximum atomic E-state index is 4.75. The average Bonchev–Trinajstić information content (AvgIpc) is 2.40. The quantitative estimate of drug-likeness (QED) is 0.908. The van der Waals surface area contributed by atoms with Crippen LogP contribution in [0, 0.1) is 12.3 Å². The first-order valence-electron chi connectivity index (χ1n) is 7.45. The van der Waals surface area contributed by atoms with E-state index in [1.807, 2.05) is 11.8 Å². The second-order valence-corrected chi connectivity index (χ2v) is 7.65. The van der Waals surface area contributed by atoms with Crippen molar-refractivity contribution in [3.05, 3.63) is 35.4 Å². The van der Waals surface area contributed by atoms with Crippen LogP contribution in [-0.4, -0.2) is 23.5 Å². The number of nitrogens with one attached hydrogen (secondary N) is 1. The zero-order valence-electron chi connectivity index (χ0n) is 13.1. The summed E-state index contributed by atoms with van der Waals surface area (Å²) >= 11 is 1.86. The third kappa shape index (κ3) is 4.27. The highest BCUT2D eigenvalue weighted by atomic mass is 32.2. The molecule has 1 atom stereocenters. The summed E-state index contributed by atoms with van der Waals surface area (Å²) in [5.41, 5.74) is 3.08. The van der Waals surface area contributed by atoms with Crippen molar-refractivity contribution in [1.82, 2.24) is 5.32 Å². The number of aliphatic imine (C=N–C) groups is 1. The van der Waals surface area contributed by atoms with Gasteiger partial charge in [-0.1, -0.05) is 56.8 Å². The molecule has 0 amide bonds. The number of nitrogens with zero attached hydrogens (tertiary/aromatic N) is 1. The van der Waals surface area contributed by atoms with Gasteiger partial charge in [0.25, 0.3) is 0 Å². The summed E-state index contributed by atoms with van der Waals surface area (Å²) in [5.74, 6) is 1.18. The largest absolute Gasteiger partial charge is 0.362 e. The number of hydrogen-bond acceptors (Lipinski definition) is 2. The summed E-state index contributed by atoms with van der Waals surface area (Å²) in [6.07, 6.45) is 2.25. The summed E-state index contributed by atoms with van der Waals surface area (Å²) < 4.78 is 0. The van der Waals surface area contributed by atoms with E-state index in [0.717, 1.165) is 18.1 Å². The fourth-order valence-corrected chi connectivity index (χ4v) is 3.40. The molecule has 1 aromatic rings. The molecule has 1 unspecified atom stereocenters. The van der Waals surface area contributed by atoms with Crippen LogP contribution in [0.4, 0.5) is 0 Å². The molecular formula is C17H26N2S. The molecule has 1 fully saturated rings. The van der Waals surface area contributed by atoms with E-state index >= 15 is 0 Å². The molecule has 3 heteroatoms. The number of benzene rings is 1. The Bertz CT molecular complexity index is 474. The predicted molar refractivity (Wildman–Crippen MR) is 90.6 cm³/mol. The highest BCUT2D eigenvalue weighted by Crippen LogP contribution is 2.27. The second kappa shape index (κ2) is 6.66. The number of aryl methyl sites for hydroxylation is 1. The van der Waals surface area contributed by atoms with Crippen LogP contribution in [0.25, 0.3) is 0 Å². The minimum absolute atomic E-state index is 0.303. The molecule has 0 radical (unpaired) electrons. The molecule has 1 aliphatic heterocycles. The van der Waals surface area contributed by atoms with Crippen LogP contribution in [0.2, 0.25) is 0 Å². The third-order valence-electron chi connectivity index (χ3n) is 3.89. The van der Waals surface area contributed by atoms with Crippen LogP contribution < -0.4 is 5.32 Å². The molecule has 2 rings (SSSR count). The molecule has 1 aliphatic rings. The Balaban J connectivity index is 1.90. The van der Waals surface area contributed by atoms with Crippen molar-refractivity contribution < 1.29 is 0 Å². The molecular weight excluding hydrogens is 264 g/mol. The molecule has 0 bridgehead atoms. The van der Waals surface area contributed by atoms with Crippen molar-refractivity contribution in [2.45, 2.75) is 46.6 Å². The predicted octanol–water partition coefficient (Wildman–Crippen LogP) is 4.03. The monoisotopic (exact) mass is 290 g/mol. The van der Waals surface area contributed by atoms with Crippen LogP contribution in [0.15, 0.2) is 29.3 Å². The number of rotatable bonds is 3. The fourth-order valence-electron chi connectivity index (χ4n) is 2.45. The van der Waals surface area contributed by atoms with Gasteiger partial charge in [0.2, 0.25) is 0 Å². The van der Waals surface area contributed by atoms with E-state index < -0.39 is 0 Å². The molecule has 1 heterocycles. The lowest BCUT2D eigenvalue weighted by Gasteiger charge is -2.35. The maximum Gasteiger partial charge on any atom is 0.156 e. The average molecular weight is 290 g/mol. The van der Waals surface area contributed by atoms with Gasteiger partial charge in [0.05, 0.1) is 0 Å². The first-order chi connectivity index (χ1) is 9.47. The standard InChI is InChI=1S/C17H26N2S/c1-13-7-5-6-8-14(13)9-11-18-16-19-15(10-12-20-16)17(2,3)4/h5-8,15H,9-12H2,1-4H3,(H,18,19). The van der Waals surface area contributed by atoms with Gasteiger partial charge in [-0.25, -0.2) is 0 Å². The number of thioether (sulfide) groups is 1. The fraction of sp³-hybridized carbons (Fsp3) is 0.588. The van der Waals surface area contributed by atoms with E-state index in [1.165, 1.54) is 23.3 Å². The SMILES string of the molecule is Cc1ccccc1CCN=C1NC(C(C)(C)C)CCS1. The van der Waals surface area contributed by atoms with E-state index in [9.17, 15) is 0 Å². The zero-order chi connectivity index (χ0) is 14.6. The smallest absolute Gasteiger partial charge is 0.156 e. The molecule has 1 N–H and O–H groups in total. The lowest BCUT2D eigenvalue weighted by molar-refractivity contribution is 0.290. The van der Waals surface area contributed by atoms with Gasteiger partial charge in [-0.2, -0.15) is 0 Å². The Hall–Kier alpha value is -0.960. The van der Waals surface area contributed by atoms with Crippen molar-refractivity contribution >= 4 is 16.9 Å². The van der Waals surface area contributed by atoms with Gasteiger partial charge in [-0.05, 0) is 36.3 Å². The van der Waals surface area contributed by atoms with Crippen LogP contribution in [-0.2, 0) is 6.42 Å². The van der Waals surface area contributed by atoms with Gasteiger partial charge in [0.15, 0.2) is 5.17 Å². The summed E-state index contributed by atoms with van der Waals surface area (Å²) in [6, 6.07) is 9.12. The Morgan fingerprint density at radius 3 is 2.75 bits per heavy atom. The molecule has 0 aromatic heterocycles.